The zero-order chi connectivity index (χ0) is 15.1. The van der Waals surface area contributed by atoms with Gasteiger partial charge in [-0.1, -0.05) is 31.9 Å². The van der Waals surface area contributed by atoms with E-state index in [-0.39, 0.29) is 6.03 Å². The van der Waals surface area contributed by atoms with E-state index in [1.807, 2.05) is 18.2 Å². The Bertz CT molecular complexity index is 457. The molecule has 0 bridgehead atoms. The third kappa shape index (κ3) is 5.76. The fourth-order valence-electron chi connectivity index (χ4n) is 2.34. The lowest BCUT2D eigenvalue weighted by Crippen LogP contribution is -2.29. The van der Waals surface area contributed by atoms with Crippen molar-refractivity contribution in [2.75, 3.05) is 18.4 Å². The standard InChI is InChI=1S/C17H27N3O/c1-3-10-18-13(2)15-5-4-6-16(12-15)20-17(21)19-11-9-14-7-8-14/h4-6,12-14,18H,3,7-11H2,1-2H3,(H2,19,20,21). The maximum atomic E-state index is 11.8. The summed E-state index contributed by atoms with van der Waals surface area (Å²) in [7, 11) is 0. The Kier molecular flexibility index (Phi) is 6.05. The number of benzene rings is 1. The molecule has 1 unspecified atom stereocenters. The van der Waals surface area contributed by atoms with Crippen molar-refractivity contribution in [3.63, 3.8) is 0 Å². The molecule has 2 amide bonds. The molecule has 0 aliphatic heterocycles. The number of hydrogen-bond donors (Lipinski definition) is 3. The summed E-state index contributed by atoms with van der Waals surface area (Å²) >= 11 is 0. The van der Waals surface area contributed by atoms with Crippen molar-refractivity contribution in [2.24, 2.45) is 5.92 Å². The third-order valence-corrected chi connectivity index (χ3v) is 3.88. The van der Waals surface area contributed by atoms with Gasteiger partial charge in [0, 0.05) is 18.3 Å². The number of amides is 2. The Morgan fingerprint density at radius 3 is 2.86 bits per heavy atom. The maximum absolute atomic E-state index is 11.8. The van der Waals surface area contributed by atoms with E-state index in [1.165, 1.54) is 18.4 Å². The summed E-state index contributed by atoms with van der Waals surface area (Å²) in [6.07, 6.45) is 4.87. The van der Waals surface area contributed by atoms with Crippen LogP contribution in [0.1, 0.15) is 51.1 Å². The number of carbonyl (C=O) groups excluding carboxylic acids is 1. The zero-order valence-electron chi connectivity index (χ0n) is 13.1. The average Bonchev–Trinajstić information content (AvgIpc) is 3.29. The largest absolute Gasteiger partial charge is 0.338 e. The van der Waals surface area contributed by atoms with E-state index in [9.17, 15) is 4.79 Å². The molecule has 21 heavy (non-hydrogen) atoms. The molecule has 1 aliphatic rings. The van der Waals surface area contributed by atoms with Crippen LogP contribution in [-0.4, -0.2) is 19.1 Å². The van der Waals surface area contributed by atoms with Gasteiger partial charge in [0.1, 0.15) is 0 Å². The van der Waals surface area contributed by atoms with E-state index in [0.29, 0.717) is 6.04 Å². The van der Waals surface area contributed by atoms with Crippen molar-refractivity contribution in [1.29, 1.82) is 0 Å². The molecular formula is C17H27N3O. The highest BCUT2D eigenvalue weighted by Crippen LogP contribution is 2.31. The molecule has 2 rings (SSSR count). The average molecular weight is 289 g/mol. The zero-order valence-corrected chi connectivity index (χ0v) is 13.1. The fourth-order valence-corrected chi connectivity index (χ4v) is 2.34. The van der Waals surface area contributed by atoms with E-state index < -0.39 is 0 Å². The maximum Gasteiger partial charge on any atom is 0.319 e. The second-order valence-corrected chi connectivity index (χ2v) is 5.91. The molecule has 1 aliphatic carbocycles. The van der Waals surface area contributed by atoms with Crippen LogP contribution in [0.25, 0.3) is 0 Å². The Morgan fingerprint density at radius 2 is 2.14 bits per heavy atom. The second-order valence-electron chi connectivity index (χ2n) is 5.91. The van der Waals surface area contributed by atoms with Gasteiger partial charge in [-0.15, -0.1) is 0 Å². The topological polar surface area (TPSA) is 53.2 Å². The molecule has 0 radical (unpaired) electrons. The minimum absolute atomic E-state index is 0.109. The first-order valence-corrected chi connectivity index (χ1v) is 8.07. The van der Waals surface area contributed by atoms with E-state index >= 15 is 0 Å². The minimum atomic E-state index is -0.109. The Balaban J connectivity index is 1.80. The van der Waals surface area contributed by atoms with Gasteiger partial charge < -0.3 is 16.0 Å². The first-order valence-electron chi connectivity index (χ1n) is 8.07. The van der Waals surface area contributed by atoms with Gasteiger partial charge in [-0.3, -0.25) is 0 Å². The van der Waals surface area contributed by atoms with E-state index in [4.69, 9.17) is 0 Å². The number of hydrogen-bond acceptors (Lipinski definition) is 2. The van der Waals surface area contributed by atoms with Crippen LogP contribution in [0.2, 0.25) is 0 Å². The molecule has 4 heteroatoms. The molecule has 3 N–H and O–H groups in total. The molecule has 0 spiro atoms. The van der Waals surface area contributed by atoms with Crippen molar-refractivity contribution in [3.8, 4) is 0 Å². The molecule has 0 aromatic heterocycles. The third-order valence-electron chi connectivity index (χ3n) is 3.88. The molecule has 1 aromatic carbocycles. The quantitative estimate of drug-likeness (QED) is 0.684. The van der Waals surface area contributed by atoms with Gasteiger partial charge in [0.25, 0.3) is 0 Å². The van der Waals surface area contributed by atoms with Crippen LogP contribution in [0.4, 0.5) is 10.5 Å². The number of urea groups is 1. The van der Waals surface area contributed by atoms with Crippen molar-refractivity contribution in [1.82, 2.24) is 10.6 Å². The molecule has 4 nitrogen and oxygen atoms in total. The lowest BCUT2D eigenvalue weighted by Gasteiger charge is -2.15. The highest BCUT2D eigenvalue weighted by molar-refractivity contribution is 5.89. The highest BCUT2D eigenvalue weighted by Gasteiger charge is 2.20. The van der Waals surface area contributed by atoms with E-state index in [0.717, 1.165) is 37.5 Å². The van der Waals surface area contributed by atoms with Crippen LogP contribution in [0.5, 0.6) is 0 Å². The van der Waals surface area contributed by atoms with Gasteiger partial charge >= 0.3 is 6.03 Å². The van der Waals surface area contributed by atoms with Gasteiger partial charge in [-0.2, -0.15) is 0 Å². The van der Waals surface area contributed by atoms with Gasteiger partial charge in [-0.25, -0.2) is 4.79 Å². The Labute approximate surface area is 127 Å². The highest BCUT2D eigenvalue weighted by atomic mass is 16.2. The molecule has 1 fully saturated rings. The Morgan fingerprint density at radius 1 is 1.33 bits per heavy atom. The minimum Gasteiger partial charge on any atom is -0.338 e. The summed E-state index contributed by atoms with van der Waals surface area (Å²) in [6.45, 7) is 6.07. The lowest BCUT2D eigenvalue weighted by molar-refractivity contribution is 0.252. The number of anilines is 1. The van der Waals surface area contributed by atoms with Crippen molar-refractivity contribution >= 4 is 11.7 Å². The predicted octanol–water partition coefficient (Wildman–Crippen LogP) is 3.67. The lowest BCUT2D eigenvalue weighted by atomic mass is 10.1. The van der Waals surface area contributed by atoms with Crippen LogP contribution < -0.4 is 16.0 Å². The van der Waals surface area contributed by atoms with Gasteiger partial charge in [-0.05, 0) is 49.9 Å². The molecule has 0 heterocycles. The summed E-state index contributed by atoms with van der Waals surface area (Å²) in [6, 6.07) is 8.22. The number of rotatable bonds is 8. The van der Waals surface area contributed by atoms with Crippen LogP contribution in [0.15, 0.2) is 24.3 Å². The first-order chi connectivity index (χ1) is 10.2. The molecule has 1 atom stereocenters. The predicted molar refractivity (Wildman–Crippen MR) is 87.5 cm³/mol. The van der Waals surface area contributed by atoms with Crippen molar-refractivity contribution < 1.29 is 4.79 Å². The Hall–Kier alpha value is -1.55. The second kappa shape index (κ2) is 8.03. The summed E-state index contributed by atoms with van der Waals surface area (Å²) < 4.78 is 0. The molecule has 0 saturated heterocycles. The van der Waals surface area contributed by atoms with Crippen molar-refractivity contribution in [3.05, 3.63) is 29.8 Å². The van der Waals surface area contributed by atoms with Crippen LogP contribution in [-0.2, 0) is 0 Å². The molecule has 1 aromatic rings. The van der Waals surface area contributed by atoms with Crippen LogP contribution >= 0.6 is 0 Å². The smallest absolute Gasteiger partial charge is 0.319 e. The van der Waals surface area contributed by atoms with Gasteiger partial charge in [0.2, 0.25) is 0 Å². The molecule has 116 valence electrons. The van der Waals surface area contributed by atoms with Gasteiger partial charge in [0.15, 0.2) is 0 Å². The van der Waals surface area contributed by atoms with Crippen LogP contribution in [0, 0.1) is 5.92 Å². The van der Waals surface area contributed by atoms with Crippen LogP contribution in [0.3, 0.4) is 0 Å². The van der Waals surface area contributed by atoms with E-state index in [1.54, 1.807) is 0 Å². The van der Waals surface area contributed by atoms with Gasteiger partial charge in [0.05, 0.1) is 0 Å². The van der Waals surface area contributed by atoms with E-state index in [2.05, 4.69) is 35.9 Å². The van der Waals surface area contributed by atoms with Crippen molar-refractivity contribution in [2.45, 2.75) is 45.6 Å². The fraction of sp³-hybridized carbons (Fsp3) is 0.588. The summed E-state index contributed by atoms with van der Waals surface area (Å²) in [5, 5.41) is 9.28. The first kappa shape index (κ1) is 15.8. The number of nitrogens with one attached hydrogen (secondary N) is 3. The normalized spacial score (nSPS) is 15.5. The summed E-state index contributed by atoms with van der Waals surface area (Å²) in [4.78, 5) is 11.8. The summed E-state index contributed by atoms with van der Waals surface area (Å²) in [5.74, 6) is 0.846. The monoisotopic (exact) mass is 289 g/mol. The summed E-state index contributed by atoms with van der Waals surface area (Å²) in [5.41, 5.74) is 2.04. The molecule has 1 saturated carbocycles. The SMILES string of the molecule is CCCNC(C)c1cccc(NC(=O)NCCC2CC2)c1. The number of carbonyl (C=O) groups is 1. The molecular weight excluding hydrogens is 262 g/mol.